The first kappa shape index (κ1) is 14.4. The first-order valence-electron chi connectivity index (χ1n) is 5.73. The molecule has 0 fully saturated rings. The molecule has 6 nitrogen and oxygen atoms in total. The Morgan fingerprint density at radius 3 is 2.80 bits per heavy atom. The topological polar surface area (TPSA) is 85.5 Å². The van der Waals surface area contributed by atoms with Crippen molar-refractivity contribution in [3.63, 3.8) is 0 Å². The number of hydrogen-bond acceptors (Lipinski definition) is 5. The monoisotopic (exact) mass is 338 g/mol. The Morgan fingerprint density at radius 1 is 1.40 bits per heavy atom. The van der Waals surface area contributed by atoms with Gasteiger partial charge in [-0.2, -0.15) is 0 Å². The zero-order valence-corrected chi connectivity index (χ0v) is 12.1. The summed E-state index contributed by atoms with van der Waals surface area (Å²) in [5.74, 6) is 0.541. The smallest absolute Gasteiger partial charge is 0.273 e. The lowest BCUT2D eigenvalue weighted by Crippen LogP contribution is -1.95. The zero-order valence-electron chi connectivity index (χ0n) is 10.5. The third-order valence-electron chi connectivity index (χ3n) is 2.58. The molecule has 0 aliphatic heterocycles. The zero-order chi connectivity index (χ0) is 14.7. The van der Waals surface area contributed by atoms with Crippen LogP contribution in [0.3, 0.4) is 0 Å². The third kappa shape index (κ3) is 3.31. The molecular weight excluding hydrogens is 328 g/mol. The van der Waals surface area contributed by atoms with Crippen molar-refractivity contribution >= 4 is 21.6 Å². The molecule has 0 aliphatic carbocycles. The Hall–Kier alpha value is -1.99. The first-order chi connectivity index (χ1) is 9.47. The normalized spacial score (nSPS) is 11.9. The Morgan fingerprint density at radius 2 is 2.15 bits per heavy atom. The first-order valence-corrected chi connectivity index (χ1v) is 6.52. The Balaban J connectivity index is 2.32. The van der Waals surface area contributed by atoms with Crippen LogP contribution in [0, 0.1) is 10.1 Å². The summed E-state index contributed by atoms with van der Waals surface area (Å²) in [5, 5.41) is 20.3. The van der Waals surface area contributed by atoms with Gasteiger partial charge in [-0.15, -0.1) is 0 Å². The lowest BCUT2D eigenvalue weighted by molar-refractivity contribution is -0.384. The highest BCUT2D eigenvalue weighted by Crippen LogP contribution is 2.32. The number of rotatable bonds is 4. The van der Waals surface area contributed by atoms with Gasteiger partial charge >= 0.3 is 0 Å². The average molecular weight is 339 g/mol. The Labute approximate surface area is 123 Å². The molecule has 1 heterocycles. The number of nitrogens with zero attached hydrogens (tertiary/aromatic N) is 2. The number of non-ortho nitro benzene ring substituents is 1. The summed E-state index contributed by atoms with van der Waals surface area (Å²) in [4.78, 5) is 14.3. The number of pyridine rings is 1. The largest absolute Gasteiger partial charge is 0.438 e. The van der Waals surface area contributed by atoms with Gasteiger partial charge in [0.1, 0.15) is 0 Å². The van der Waals surface area contributed by atoms with Crippen LogP contribution in [0.5, 0.6) is 11.6 Å². The van der Waals surface area contributed by atoms with Crippen LogP contribution < -0.4 is 4.74 Å². The van der Waals surface area contributed by atoms with Gasteiger partial charge in [-0.25, -0.2) is 4.98 Å². The fourth-order valence-electron chi connectivity index (χ4n) is 1.54. The molecule has 0 aliphatic rings. The van der Waals surface area contributed by atoms with Crippen molar-refractivity contribution in [2.24, 2.45) is 0 Å². The van der Waals surface area contributed by atoms with Crippen LogP contribution in [0.25, 0.3) is 0 Å². The summed E-state index contributed by atoms with van der Waals surface area (Å²) in [5.41, 5.74) is 0.575. The molecule has 2 aromatic rings. The van der Waals surface area contributed by atoms with Crippen LogP contribution in [0.4, 0.5) is 5.69 Å². The van der Waals surface area contributed by atoms with E-state index < -0.39 is 11.0 Å². The predicted molar refractivity (Wildman–Crippen MR) is 75.7 cm³/mol. The number of halogens is 1. The minimum atomic E-state index is -0.645. The highest BCUT2D eigenvalue weighted by molar-refractivity contribution is 9.10. The Kier molecular flexibility index (Phi) is 4.31. The van der Waals surface area contributed by atoms with E-state index in [4.69, 9.17) is 4.74 Å². The summed E-state index contributed by atoms with van der Waals surface area (Å²) < 4.78 is 6.09. The molecule has 1 N–H and O–H groups in total. The summed E-state index contributed by atoms with van der Waals surface area (Å²) in [6.45, 7) is 1.63. The minimum absolute atomic E-state index is 0.0742. The second-order valence-electron chi connectivity index (χ2n) is 4.08. The van der Waals surface area contributed by atoms with Crippen molar-refractivity contribution in [1.29, 1.82) is 0 Å². The van der Waals surface area contributed by atoms with Gasteiger partial charge in [-0.05, 0) is 40.5 Å². The van der Waals surface area contributed by atoms with E-state index in [2.05, 4.69) is 20.9 Å². The van der Waals surface area contributed by atoms with E-state index in [1.807, 2.05) is 0 Å². The number of benzene rings is 1. The molecular formula is C13H11BrN2O4. The van der Waals surface area contributed by atoms with Gasteiger partial charge in [0, 0.05) is 18.3 Å². The summed E-state index contributed by atoms with van der Waals surface area (Å²) in [7, 11) is 0. The summed E-state index contributed by atoms with van der Waals surface area (Å²) in [6, 6.07) is 7.46. The number of aliphatic hydroxyl groups is 1. The second-order valence-corrected chi connectivity index (χ2v) is 4.93. The number of ether oxygens (including phenoxy) is 1. The highest BCUT2D eigenvalue weighted by Gasteiger charge is 2.12. The number of nitro benzene ring substituents is 1. The second kappa shape index (κ2) is 5.98. The maximum absolute atomic E-state index is 10.7. The molecule has 0 spiro atoms. The predicted octanol–water partition coefficient (Wildman–Crippen LogP) is 3.60. The number of hydrogen-bond donors (Lipinski definition) is 1. The van der Waals surface area contributed by atoms with Gasteiger partial charge < -0.3 is 9.84 Å². The van der Waals surface area contributed by atoms with Gasteiger partial charge in [0.05, 0.1) is 21.6 Å². The molecule has 1 atom stereocenters. The van der Waals surface area contributed by atoms with Gasteiger partial charge in [-0.1, -0.05) is 0 Å². The maximum atomic E-state index is 10.7. The van der Waals surface area contributed by atoms with E-state index >= 15 is 0 Å². The van der Waals surface area contributed by atoms with Crippen LogP contribution >= 0.6 is 15.9 Å². The molecule has 0 saturated heterocycles. The fourth-order valence-corrected chi connectivity index (χ4v) is 1.86. The van der Waals surface area contributed by atoms with Crippen LogP contribution in [-0.4, -0.2) is 15.0 Å². The fraction of sp³-hybridized carbons (Fsp3) is 0.154. The molecule has 2 rings (SSSR count). The summed E-state index contributed by atoms with van der Waals surface area (Å²) >= 11 is 3.26. The lowest BCUT2D eigenvalue weighted by atomic mass is 10.2. The lowest BCUT2D eigenvalue weighted by Gasteiger charge is -2.09. The van der Waals surface area contributed by atoms with Crippen molar-refractivity contribution in [3.8, 4) is 11.6 Å². The molecule has 104 valence electrons. The number of aromatic nitrogens is 1. The maximum Gasteiger partial charge on any atom is 0.273 e. The van der Waals surface area contributed by atoms with Gasteiger partial charge in [-0.3, -0.25) is 10.1 Å². The number of aliphatic hydroxyl groups excluding tert-OH is 1. The SMILES string of the molecule is C[C@@H](O)c1ccnc(Oc2cc([N+](=O)[O-])ccc2Br)c1. The van der Waals surface area contributed by atoms with E-state index in [-0.39, 0.29) is 17.3 Å². The molecule has 0 unspecified atom stereocenters. The molecule has 20 heavy (non-hydrogen) atoms. The molecule has 0 amide bonds. The van der Waals surface area contributed by atoms with Crippen LogP contribution in [-0.2, 0) is 0 Å². The van der Waals surface area contributed by atoms with E-state index in [0.717, 1.165) is 0 Å². The standard InChI is InChI=1S/C13H11BrN2O4/c1-8(17)9-4-5-15-13(6-9)20-12-7-10(16(18)19)2-3-11(12)14/h2-8,17H,1H3/t8-/m1/s1. The van der Waals surface area contributed by atoms with Gasteiger partial charge in [0.15, 0.2) is 5.75 Å². The Bertz CT molecular complexity index is 646. The molecule has 0 radical (unpaired) electrons. The van der Waals surface area contributed by atoms with Gasteiger partial charge in [0.25, 0.3) is 5.69 Å². The average Bonchev–Trinajstić information content (AvgIpc) is 2.41. The van der Waals surface area contributed by atoms with Crippen molar-refractivity contribution in [3.05, 3.63) is 56.7 Å². The minimum Gasteiger partial charge on any atom is -0.438 e. The van der Waals surface area contributed by atoms with E-state index in [1.54, 1.807) is 19.1 Å². The highest BCUT2D eigenvalue weighted by atomic mass is 79.9. The van der Waals surface area contributed by atoms with E-state index in [9.17, 15) is 15.2 Å². The third-order valence-corrected chi connectivity index (χ3v) is 3.24. The molecule has 7 heteroatoms. The molecule has 1 aromatic heterocycles. The molecule has 1 aromatic carbocycles. The summed E-state index contributed by atoms with van der Waals surface area (Å²) in [6.07, 6.45) is 0.858. The van der Waals surface area contributed by atoms with Crippen molar-refractivity contribution in [1.82, 2.24) is 4.98 Å². The van der Waals surface area contributed by atoms with E-state index in [0.29, 0.717) is 10.0 Å². The van der Waals surface area contributed by atoms with Crippen molar-refractivity contribution in [2.75, 3.05) is 0 Å². The van der Waals surface area contributed by atoms with Crippen molar-refractivity contribution in [2.45, 2.75) is 13.0 Å². The van der Waals surface area contributed by atoms with Crippen molar-refractivity contribution < 1.29 is 14.8 Å². The molecule has 0 bridgehead atoms. The number of nitro groups is 1. The van der Waals surface area contributed by atoms with E-state index in [1.165, 1.54) is 24.4 Å². The van der Waals surface area contributed by atoms with Crippen LogP contribution in [0.2, 0.25) is 0 Å². The van der Waals surface area contributed by atoms with Gasteiger partial charge in [0.2, 0.25) is 5.88 Å². The van der Waals surface area contributed by atoms with Crippen LogP contribution in [0.15, 0.2) is 41.0 Å². The van der Waals surface area contributed by atoms with Crippen LogP contribution in [0.1, 0.15) is 18.6 Å². The quantitative estimate of drug-likeness (QED) is 0.679. The molecule has 0 saturated carbocycles.